The van der Waals surface area contributed by atoms with Gasteiger partial charge < -0.3 is 4.57 Å². The molecule has 0 saturated heterocycles. The number of aromatic nitrogens is 1. The van der Waals surface area contributed by atoms with E-state index in [9.17, 15) is 0 Å². The van der Waals surface area contributed by atoms with Crippen LogP contribution in [0.15, 0.2) is 188 Å². The Labute approximate surface area is 332 Å². The average molecular weight is 748 g/mol. The lowest BCUT2D eigenvalue weighted by Crippen LogP contribution is -1.98. The number of hydrogen-bond acceptors (Lipinski definition) is 2. The van der Waals surface area contributed by atoms with Crippen LogP contribution in [0.2, 0.25) is 0 Å². The molecule has 0 saturated carbocycles. The maximum absolute atomic E-state index is 2.43. The highest BCUT2D eigenvalue weighted by atomic mass is 32.1. The van der Waals surface area contributed by atoms with Gasteiger partial charge in [-0.2, -0.15) is 0 Å². The van der Waals surface area contributed by atoms with Crippen LogP contribution in [0, 0.1) is 0 Å². The quantitative estimate of drug-likeness (QED) is 0.158. The third-order valence-corrected chi connectivity index (χ3v) is 14.2. The molecule has 1 nitrogen and oxygen atoms in total. The van der Waals surface area contributed by atoms with E-state index >= 15 is 0 Å². The summed E-state index contributed by atoms with van der Waals surface area (Å²) in [5.74, 6) is 0.161. The van der Waals surface area contributed by atoms with E-state index in [0.29, 0.717) is 0 Å². The van der Waals surface area contributed by atoms with Crippen LogP contribution >= 0.6 is 22.7 Å². The first-order chi connectivity index (χ1) is 27.8. The van der Waals surface area contributed by atoms with Gasteiger partial charge in [0.25, 0.3) is 0 Å². The molecule has 0 N–H and O–H groups in total. The fourth-order valence-corrected chi connectivity index (χ4v) is 11.6. The second-order valence-corrected chi connectivity index (χ2v) is 16.9. The first-order valence-electron chi connectivity index (χ1n) is 19.2. The standard InChI is InChI=1S/C53H33NS2/c1-4-16-43-39(12-1)40-13-3-6-18-45(40)53-51(43)46-30-29-37(38-11-2-5-17-44(38)52(46)56-53)33-21-23-34(24-22-33)49-31-32-50(55-49)35-25-27-36(28-26-35)54-47-19-9-7-14-41(47)42-15-8-10-20-48(42)54/h1-32,37H. The van der Waals surface area contributed by atoms with Gasteiger partial charge >= 0.3 is 0 Å². The van der Waals surface area contributed by atoms with Crippen LogP contribution in [0.1, 0.15) is 22.6 Å². The minimum absolute atomic E-state index is 0.161. The van der Waals surface area contributed by atoms with E-state index < -0.39 is 0 Å². The van der Waals surface area contributed by atoms with Gasteiger partial charge in [-0.1, -0.05) is 158 Å². The van der Waals surface area contributed by atoms with Crippen molar-refractivity contribution < 1.29 is 0 Å². The van der Waals surface area contributed by atoms with Gasteiger partial charge in [-0.15, -0.1) is 22.7 Å². The number of benzene rings is 8. The van der Waals surface area contributed by atoms with Gasteiger partial charge in [0.05, 0.1) is 11.0 Å². The molecule has 0 fully saturated rings. The fraction of sp³-hybridized carbons (Fsp3) is 0.0189. The Morgan fingerprint density at radius 2 is 0.964 bits per heavy atom. The van der Waals surface area contributed by atoms with Crippen LogP contribution in [0.4, 0.5) is 0 Å². The van der Waals surface area contributed by atoms with Crippen molar-refractivity contribution in [3.05, 3.63) is 205 Å². The molecule has 0 spiro atoms. The zero-order chi connectivity index (χ0) is 36.7. The highest BCUT2D eigenvalue weighted by molar-refractivity contribution is 7.23. The van der Waals surface area contributed by atoms with Crippen LogP contribution in [-0.4, -0.2) is 4.57 Å². The fourth-order valence-electron chi connectivity index (χ4n) is 9.15. The average Bonchev–Trinajstić information content (AvgIpc) is 3.97. The van der Waals surface area contributed by atoms with Crippen LogP contribution < -0.4 is 0 Å². The highest BCUT2D eigenvalue weighted by Crippen LogP contribution is 2.50. The SMILES string of the molecule is C1=CC(c2ccc(-c3ccc(-c4ccc(-n5c6ccccc6c6ccccc65)cc4)s3)cc2)c2ccccc2-c2sc3c4ccccc4c4ccccc4c3c21. The van der Waals surface area contributed by atoms with Crippen molar-refractivity contribution in [3.63, 3.8) is 0 Å². The summed E-state index contributed by atoms with van der Waals surface area (Å²) in [6, 6.07) is 67.1. The van der Waals surface area contributed by atoms with Crippen molar-refractivity contribution in [3.8, 4) is 37.0 Å². The maximum Gasteiger partial charge on any atom is 0.0541 e. The molecule has 262 valence electrons. The number of nitrogens with zero attached hydrogens (tertiary/aromatic N) is 1. The topological polar surface area (TPSA) is 4.93 Å². The monoisotopic (exact) mass is 747 g/mol. The van der Waals surface area contributed by atoms with Gasteiger partial charge in [-0.05, 0) is 80.4 Å². The maximum atomic E-state index is 2.43. The van der Waals surface area contributed by atoms with E-state index in [0.717, 1.165) is 0 Å². The minimum Gasteiger partial charge on any atom is -0.309 e. The lowest BCUT2D eigenvalue weighted by molar-refractivity contribution is 1.04. The van der Waals surface area contributed by atoms with Gasteiger partial charge in [0, 0.05) is 58.0 Å². The molecule has 1 unspecified atom stereocenters. The molecule has 56 heavy (non-hydrogen) atoms. The summed E-state index contributed by atoms with van der Waals surface area (Å²) in [4.78, 5) is 3.92. The van der Waals surface area contributed by atoms with Crippen molar-refractivity contribution >= 4 is 82.2 Å². The number of fused-ring (bicyclic) bond motifs is 13. The van der Waals surface area contributed by atoms with E-state index in [2.05, 4.69) is 199 Å². The molecule has 11 aromatic rings. The molecule has 0 aliphatic heterocycles. The van der Waals surface area contributed by atoms with Crippen molar-refractivity contribution in [2.75, 3.05) is 0 Å². The Hall–Kier alpha value is -6.52. The van der Waals surface area contributed by atoms with E-state index in [4.69, 9.17) is 0 Å². The summed E-state index contributed by atoms with van der Waals surface area (Å²) in [6.07, 6.45) is 4.84. The van der Waals surface area contributed by atoms with Gasteiger partial charge in [-0.25, -0.2) is 0 Å². The van der Waals surface area contributed by atoms with Crippen molar-refractivity contribution in [1.82, 2.24) is 4.57 Å². The Morgan fingerprint density at radius 3 is 1.64 bits per heavy atom. The van der Waals surface area contributed by atoms with E-state index in [1.807, 2.05) is 22.7 Å². The third-order valence-electron chi connectivity index (χ3n) is 11.7. The smallest absolute Gasteiger partial charge is 0.0541 e. The Morgan fingerprint density at radius 1 is 0.429 bits per heavy atom. The number of para-hydroxylation sites is 2. The van der Waals surface area contributed by atoms with Gasteiger partial charge in [-0.3, -0.25) is 0 Å². The summed E-state index contributed by atoms with van der Waals surface area (Å²) in [7, 11) is 0. The van der Waals surface area contributed by atoms with Crippen LogP contribution in [0.25, 0.3) is 96.5 Å². The second-order valence-electron chi connectivity index (χ2n) is 14.8. The van der Waals surface area contributed by atoms with Gasteiger partial charge in [0.1, 0.15) is 0 Å². The molecule has 0 radical (unpaired) electrons. The molecule has 8 aromatic carbocycles. The molecule has 3 aromatic heterocycles. The Balaban J connectivity index is 0.878. The number of rotatable bonds is 4. The predicted molar refractivity (Wildman–Crippen MR) is 243 cm³/mol. The van der Waals surface area contributed by atoms with E-state index in [-0.39, 0.29) is 5.92 Å². The predicted octanol–water partition coefficient (Wildman–Crippen LogP) is 15.5. The zero-order valence-corrected chi connectivity index (χ0v) is 31.9. The minimum atomic E-state index is 0.161. The van der Waals surface area contributed by atoms with Crippen LogP contribution in [-0.2, 0) is 0 Å². The van der Waals surface area contributed by atoms with Gasteiger partial charge in [0.15, 0.2) is 0 Å². The third kappa shape index (κ3) is 4.78. The van der Waals surface area contributed by atoms with E-state index in [1.54, 1.807) is 0 Å². The first kappa shape index (κ1) is 31.8. The molecular weight excluding hydrogens is 715 g/mol. The van der Waals surface area contributed by atoms with Crippen molar-refractivity contribution in [2.24, 2.45) is 0 Å². The molecule has 3 heteroatoms. The molecule has 1 aliphatic rings. The van der Waals surface area contributed by atoms with Crippen molar-refractivity contribution in [2.45, 2.75) is 5.92 Å². The normalized spacial score (nSPS) is 13.8. The summed E-state index contributed by atoms with van der Waals surface area (Å²) < 4.78 is 3.75. The molecule has 1 atom stereocenters. The Bertz CT molecular complexity index is 3300. The Kier molecular flexibility index (Phi) is 7.10. The summed E-state index contributed by atoms with van der Waals surface area (Å²) in [5, 5.41) is 9.26. The molecule has 3 heterocycles. The van der Waals surface area contributed by atoms with Crippen LogP contribution in [0.3, 0.4) is 0 Å². The number of hydrogen-bond donors (Lipinski definition) is 0. The lowest BCUT2D eigenvalue weighted by Gasteiger charge is -2.16. The van der Waals surface area contributed by atoms with Crippen molar-refractivity contribution in [1.29, 1.82) is 0 Å². The summed E-state index contributed by atoms with van der Waals surface area (Å²) in [5.41, 5.74) is 11.5. The summed E-state index contributed by atoms with van der Waals surface area (Å²) in [6.45, 7) is 0. The lowest BCUT2D eigenvalue weighted by atomic mass is 9.88. The molecule has 1 aliphatic carbocycles. The number of allylic oxidation sites excluding steroid dienone is 1. The molecular formula is C53H33NS2. The second kappa shape index (κ2) is 12.5. The highest BCUT2D eigenvalue weighted by Gasteiger charge is 2.25. The molecule has 0 bridgehead atoms. The summed E-state index contributed by atoms with van der Waals surface area (Å²) >= 11 is 3.80. The number of thiophene rings is 2. The van der Waals surface area contributed by atoms with Gasteiger partial charge in [0.2, 0.25) is 0 Å². The van der Waals surface area contributed by atoms with Crippen LogP contribution in [0.5, 0.6) is 0 Å². The van der Waals surface area contributed by atoms with E-state index in [1.165, 1.54) is 107 Å². The zero-order valence-electron chi connectivity index (χ0n) is 30.3. The largest absolute Gasteiger partial charge is 0.309 e. The first-order valence-corrected chi connectivity index (χ1v) is 20.8. The molecule has 0 amide bonds. The molecule has 12 rings (SSSR count).